The molecule has 0 saturated heterocycles. The predicted octanol–water partition coefficient (Wildman–Crippen LogP) is 9.54. The van der Waals surface area contributed by atoms with Gasteiger partial charge >= 0.3 is 6.18 Å². The summed E-state index contributed by atoms with van der Waals surface area (Å²) < 4.78 is 49.4. The molecule has 8 heteroatoms. The Bertz CT molecular complexity index is 1360. The second-order valence-corrected chi connectivity index (χ2v) is 11.6. The number of alkyl halides is 3. The number of rotatable bonds is 12. The molecule has 1 aliphatic rings. The van der Waals surface area contributed by atoms with Crippen molar-refractivity contribution in [1.29, 1.82) is 0 Å². The quantitative estimate of drug-likeness (QED) is 0.247. The second-order valence-electron chi connectivity index (χ2n) is 11.6. The van der Waals surface area contributed by atoms with Crippen molar-refractivity contribution in [2.24, 2.45) is 11.8 Å². The zero-order valence-electron chi connectivity index (χ0n) is 26.6. The fraction of sp³-hybridized carbons (Fsp3) is 0.457. The van der Waals surface area contributed by atoms with E-state index in [0.29, 0.717) is 17.5 Å². The molecule has 3 rings (SSSR count). The molecule has 2 aromatic rings. The van der Waals surface area contributed by atoms with Crippen LogP contribution in [0, 0.1) is 18.8 Å². The molecule has 0 unspecified atom stereocenters. The maximum absolute atomic E-state index is 12.8. The molecule has 0 spiro atoms. The third-order valence-electron chi connectivity index (χ3n) is 7.67. The van der Waals surface area contributed by atoms with E-state index < -0.39 is 18.6 Å². The number of carbonyl (C=O) groups is 1. The standard InChI is InChI=1S/C35H45F3N2O3/c1-9-23(4)20-40(28-18-31(42-7)33(32(19-28)43-8)34(41)39-21-35(36,37)38)30-14-13-27(17-25(30)6)29(26-11-10-12-26)16-24(5)15-22(2)3/h13-20,22,26H,9-12,21H2,1-8H3,(H,39,41)/b23-20-,24-15-,29-16+. The van der Waals surface area contributed by atoms with Crippen LogP contribution in [0.1, 0.15) is 81.8 Å². The number of benzene rings is 2. The van der Waals surface area contributed by atoms with Gasteiger partial charge in [-0.3, -0.25) is 4.79 Å². The Hall–Kier alpha value is -3.68. The average molecular weight is 599 g/mol. The first-order chi connectivity index (χ1) is 20.3. The number of amides is 1. The molecular weight excluding hydrogens is 553 g/mol. The second kappa shape index (κ2) is 14.7. The van der Waals surface area contributed by atoms with Gasteiger partial charge < -0.3 is 19.7 Å². The molecule has 2 aromatic carbocycles. The van der Waals surface area contributed by atoms with E-state index in [2.05, 4.69) is 65.0 Å². The number of ether oxygens (including phenoxy) is 2. The van der Waals surface area contributed by atoms with Crippen LogP contribution >= 0.6 is 0 Å². The first kappa shape index (κ1) is 33.8. The van der Waals surface area contributed by atoms with Crippen LogP contribution in [0.4, 0.5) is 24.5 Å². The fourth-order valence-corrected chi connectivity index (χ4v) is 5.21. The van der Waals surface area contributed by atoms with Gasteiger partial charge in [0.1, 0.15) is 23.6 Å². The van der Waals surface area contributed by atoms with Crippen LogP contribution < -0.4 is 19.7 Å². The van der Waals surface area contributed by atoms with Gasteiger partial charge in [0.2, 0.25) is 0 Å². The van der Waals surface area contributed by atoms with Gasteiger partial charge in [-0.1, -0.05) is 56.6 Å². The Kier molecular flexibility index (Phi) is 11.5. The number of halogens is 3. The number of aryl methyl sites for hydroxylation is 1. The van der Waals surface area contributed by atoms with Gasteiger partial charge in [0.15, 0.2) is 0 Å². The zero-order valence-corrected chi connectivity index (χ0v) is 26.6. The number of nitrogens with one attached hydrogen (secondary N) is 1. The Balaban J connectivity index is 2.12. The highest BCUT2D eigenvalue weighted by Crippen LogP contribution is 2.42. The lowest BCUT2D eigenvalue weighted by Crippen LogP contribution is -2.34. The summed E-state index contributed by atoms with van der Waals surface area (Å²) in [6, 6.07) is 9.78. The van der Waals surface area contributed by atoms with Gasteiger partial charge in [0.25, 0.3) is 5.91 Å². The van der Waals surface area contributed by atoms with Gasteiger partial charge in [-0.05, 0) is 80.7 Å². The van der Waals surface area contributed by atoms with Crippen molar-refractivity contribution >= 4 is 22.9 Å². The molecular formula is C35H45F3N2O3. The van der Waals surface area contributed by atoms with Crippen LogP contribution in [0.25, 0.3) is 5.57 Å². The highest BCUT2D eigenvalue weighted by Gasteiger charge is 2.30. The summed E-state index contributed by atoms with van der Waals surface area (Å²) in [6.07, 6.45) is 6.53. The summed E-state index contributed by atoms with van der Waals surface area (Å²) in [7, 11) is 2.75. The lowest BCUT2D eigenvalue weighted by Gasteiger charge is -2.30. The van der Waals surface area contributed by atoms with Crippen molar-refractivity contribution in [3.63, 3.8) is 0 Å². The monoisotopic (exact) mass is 598 g/mol. The Morgan fingerprint density at radius 1 is 1.09 bits per heavy atom. The number of carbonyl (C=O) groups excluding carboxylic acids is 1. The SMILES string of the molecule is CC/C(C)=C\N(c1cc(OC)c(C(=O)NCC(F)(F)F)c(OC)c1)c1ccc(/C(=C/C(C)=C\C(C)C)C2CCC2)cc1C. The van der Waals surface area contributed by atoms with E-state index in [4.69, 9.17) is 9.47 Å². The highest BCUT2D eigenvalue weighted by atomic mass is 19.4. The number of nitrogens with zero attached hydrogens (tertiary/aromatic N) is 1. The van der Waals surface area contributed by atoms with Crippen molar-refractivity contribution in [3.05, 3.63) is 76.5 Å². The number of allylic oxidation sites excluding steroid dienone is 5. The summed E-state index contributed by atoms with van der Waals surface area (Å²) in [6.45, 7) is 11.2. The third-order valence-corrected chi connectivity index (χ3v) is 7.67. The number of anilines is 2. The molecule has 0 bridgehead atoms. The van der Waals surface area contributed by atoms with Crippen LogP contribution in [0.2, 0.25) is 0 Å². The van der Waals surface area contributed by atoms with Crippen molar-refractivity contribution in [2.75, 3.05) is 25.7 Å². The molecule has 1 N–H and O–H groups in total. The van der Waals surface area contributed by atoms with Crippen molar-refractivity contribution in [2.45, 2.75) is 73.4 Å². The smallest absolute Gasteiger partial charge is 0.405 e. The van der Waals surface area contributed by atoms with Gasteiger partial charge in [0.05, 0.1) is 19.9 Å². The van der Waals surface area contributed by atoms with Crippen LogP contribution in [0.15, 0.2) is 59.8 Å². The molecule has 234 valence electrons. The van der Waals surface area contributed by atoms with E-state index in [1.54, 1.807) is 12.1 Å². The molecule has 1 amide bonds. The normalized spacial score (nSPS) is 14.9. The van der Waals surface area contributed by atoms with E-state index in [1.807, 2.05) is 23.3 Å². The lowest BCUT2D eigenvalue weighted by molar-refractivity contribution is -0.123. The van der Waals surface area contributed by atoms with Crippen LogP contribution in [-0.2, 0) is 0 Å². The zero-order chi connectivity index (χ0) is 31.9. The maximum atomic E-state index is 12.8. The van der Waals surface area contributed by atoms with Gasteiger partial charge in [-0.25, -0.2) is 0 Å². The van der Waals surface area contributed by atoms with Crippen LogP contribution in [0.3, 0.4) is 0 Å². The number of hydrogen-bond acceptors (Lipinski definition) is 4. The Morgan fingerprint density at radius 3 is 2.19 bits per heavy atom. The average Bonchev–Trinajstić information content (AvgIpc) is 2.91. The topological polar surface area (TPSA) is 50.8 Å². The summed E-state index contributed by atoms with van der Waals surface area (Å²) in [4.78, 5) is 14.8. The molecule has 1 fully saturated rings. The third kappa shape index (κ3) is 8.91. The summed E-state index contributed by atoms with van der Waals surface area (Å²) in [5.74, 6) is 0.309. The van der Waals surface area contributed by atoms with Gasteiger partial charge in [-0.2, -0.15) is 13.2 Å². The lowest BCUT2D eigenvalue weighted by atomic mass is 9.76. The number of methoxy groups -OCH3 is 2. The predicted molar refractivity (Wildman–Crippen MR) is 169 cm³/mol. The van der Waals surface area contributed by atoms with E-state index in [9.17, 15) is 18.0 Å². The van der Waals surface area contributed by atoms with E-state index in [1.165, 1.54) is 50.2 Å². The van der Waals surface area contributed by atoms with E-state index in [0.717, 1.165) is 23.2 Å². The Labute approximate surface area is 254 Å². The molecule has 5 nitrogen and oxygen atoms in total. The molecule has 1 aliphatic carbocycles. The van der Waals surface area contributed by atoms with Crippen LogP contribution in [-0.4, -0.2) is 32.8 Å². The molecule has 1 saturated carbocycles. The molecule has 0 atom stereocenters. The minimum Gasteiger partial charge on any atom is -0.496 e. The molecule has 0 heterocycles. The van der Waals surface area contributed by atoms with E-state index >= 15 is 0 Å². The fourth-order valence-electron chi connectivity index (χ4n) is 5.21. The summed E-state index contributed by atoms with van der Waals surface area (Å²) >= 11 is 0. The van der Waals surface area contributed by atoms with Gasteiger partial charge in [0, 0.05) is 24.0 Å². The molecule has 0 aliphatic heterocycles. The summed E-state index contributed by atoms with van der Waals surface area (Å²) in [5, 5.41) is 1.92. The minimum atomic E-state index is -4.55. The first-order valence-electron chi connectivity index (χ1n) is 14.9. The van der Waals surface area contributed by atoms with Gasteiger partial charge in [-0.15, -0.1) is 0 Å². The molecule has 0 radical (unpaired) electrons. The van der Waals surface area contributed by atoms with Crippen LogP contribution in [0.5, 0.6) is 11.5 Å². The first-order valence-corrected chi connectivity index (χ1v) is 14.9. The molecule has 43 heavy (non-hydrogen) atoms. The Morgan fingerprint density at radius 2 is 1.72 bits per heavy atom. The summed E-state index contributed by atoms with van der Waals surface area (Å²) in [5.41, 5.74) is 7.47. The molecule has 0 aromatic heterocycles. The van der Waals surface area contributed by atoms with Crippen molar-refractivity contribution in [1.82, 2.24) is 5.32 Å². The van der Waals surface area contributed by atoms with Crippen molar-refractivity contribution < 1.29 is 27.4 Å². The van der Waals surface area contributed by atoms with E-state index in [-0.39, 0.29) is 17.1 Å². The highest BCUT2D eigenvalue weighted by molar-refractivity contribution is 6.00. The maximum Gasteiger partial charge on any atom is 0.405 e. The van der Waals surface area contributed by atoms with Crippen molar-refractivity contribution in [3.8, 4) is 11.5 Å². The minimum absolute atomic E-state index is 0.0960. The number of hydrogen-bond donors (Lipinski definition) is 1. The largest absolute Gasteiger partial charge is 0.496 e.